The number of amides is 1. The monoisotopic (exact) mass is 364 g/mol. The lowest BCUT2D eigenvalue weighted by Crippen LogP contribution is -2.32. The van der Waals surface area contributed by atoms with Crippen molar-refractivity contribution in [2.45, 2.75) is 39.2 Å². The number of anilines is 1. The summed E-state index contributed by atoms with van der Waals surface area (Å²) in [5.41, 5.74) is 1.83. The fourth-order valence-corrected chi connectivity index (χ4v) is 3.28. The lowest BCUT2D eigenvalue weighted by Gasteiger charge is -2.12. The molecule has 2 aromatic heterocycles. The lowest BCUT2D eigenvalue weighted by molar-refractivity contribution is 0.102. The van der Waals surface area contributed by atoms with Crippen LogP contribution in [0.25, 0.3) is 11.0 Å². The summed E-state index contributed by atoms with van der Waals surface area (Å²) in [6.07, 6.45) is 1.99. The van der Waals surface area contributed by atoms with Crippen LogP contribution in [0.15, 0.2) is 39.9 Å². The maximum atomic E-state index is 13.0. The van der Waals surface area contributed by atoms with Crippen molar-refractivity contribution in [2.75, 3.05) is 5.32 Å². The maximum absolute atomic E-state index is 13.0. The van der Waals surface area contributed by atoms with E-state index >= 15 is 0 Å². The molecule has 0 saturated heterocycles. The van der Waals surface area contributed by atoms with Crippen LogP contribution in [-0.2, 0) is 6.54 Å². The average molecular weight is 364 g/mol. The van der Waals surface area contributed by atoms with Gasteiger partial charge in [-0.2, -0.15) is 0 Å². The summed E-state index contributed by atoms with van der Waals surface area (Å²) < 4.78 is 1.39. The van der Waals surface area contributed by atoms with E-state index in [0.29, 0.717) is 12.2 Å². The van der Waals surface area contributed by atoms with Gasteiger partial charge in [-0.3, -0.25) is 19.1 Å². The van der Waals surface area contributed by atoms with Gasteiger partial charge in [0, 0.05) is 23.8 Å². The first kappa shape index (κ1) is 17.2. The number of hydrogen-bond acceptors (Lipinski definition) is 4. The van der Waals surface area contributed by atoms with Crippen molar-refractivity contribution >= 4 is 22.6 Å². The Morgan fingerprint density at radius 1 is 1.30 bits per heavy atom. The number of nitrogens with one attached hydrogen (secondary N) is 2. The fourth-order valence-electron chi connectivity index (χ4n) is 3.28. The Labute approximate surface area is 155 Å². The van der Waals surface area contributed by atoms with Crippen molar-refractivity contribution in [3.8, 4) is 0 Å². The minimum absolute atomic E-state index is 0.144. The van der Waals surface area contributed by atoms with Crippen molar-refractivity contribution < 1.29 is 4.79 Å². The fraction of sp³-hybridized carbons (Fsp3) is 0.300. The van der Waals surface area contributed by atoms with Crippen molar-refractivity contribution in [3.05, 3.63) is 68.0 Å². The smallest absolute Gasteiger partial charge is 0.322 e. The molecule has 4 rings (SSSR count). The van der Waals surface area contributed by atoms with Crippen molar-refractivity contribution in [1.82, 2.24) is 14.5 Å². The second kappa shape index (κ2) is 6.50. The molecule has 0 atom stereocenters. The second-order valence-electron chi connectivity index (χ2n) is 6.89. The minimum atomic E-state index is -0.594. The van der Waals surface area contributed by atoms with E-state index in [-0.39, 0.29) is 28.4 Å². The van der Waals surface area contributed by atoms with Gasteiger partial charge in [0.25, 0.3) is 11.5 Å². The summed E-state index contributed by atoms with van der Waals surface area (Å²) in [6.45, 7) is 4.09. The minimum Gasteiger partial charge on any atom is -0.322 e. The zero-order chi connectivity index (χ0) is 19.1. The molecule has 0 unspecified atom stereocenters. The van der Waals surface area contributed by atoms with Gasteiger partial charge in [0.05, 0.1) is 10.9 Å². The van der Waals surface area contributed by atoms with Gasteiger partial charge in [0.1, 0.15) is 0 Å². The van der Waals surface area contributed by atoms with E-state index in [2.05, 4.69) is 15.3 Å². The van der Waals surface area contributed by atoms with Crippen LogP contribution in [-0.4, -0.2) is 20.4 Å². The summed E-state index contributed by atoms with van der Waals surface area (Å²) in [5.74, 6) is -0.110. The molecule has 1 amide bonds. The van der Waals surface area contributed by atoms with Crippen LogP contribution in [0.2, 0.25) is 0 Å². The molecule has 0 spiro atoms. The van der Waals surface area contributed by atoms with Gasteiger partial charge in [-0.05, 0) is 50.5 Å². The molecule has 2 heterocycles. The zero-order valence-electron chi connectivity index (χ0n) is 15.2. The highest BCUT2D eigenvalue weighted by atomic mass is 16.2. The van der Waals surface area contributed by atoms with Crippen molar-refractivity contribution in [1.29, 1.82) is 0 Å². The lowest BCUT2D eigenvalue weighted by atomic mass is 10.1. The Hall–Kier alpha value is -3.22. The number of benzene rings is 1. The molecule has 1 aromatic carbocycles. The predicted octanol–water partition coefficient (Wildman–Crippen LogP) is 2.54. The van der Waals surface area contributed by atoms with E-state index in [1.54, 1.807) is 19.1 Å². The molecule has 0 bridgehead atoms. The third-order valence-electron chi connectivity index (χ3n) is 4.80. The first-order valence-corrected chi connectivity index (χ1v) is 9.03. The summed E-state index contributed by atoms with van der Waals surface area (Å²) >= 11 is 0. The summed E-state index contributed by atoms with van der Waals surface area (Å²) in [7, 11) is 0. The van der Waals surface area contributed by atoms with Gasteiger partial charge in [-0.1, -0.05) is 12.1 Å². The van der Waals surface area contributed by atoms with Gasteiger partial charge < -0.3 is 5.32 Å². The van der Waals surface area contributed by atoms with Crippen LogP contribution in [0.1, 0.15) is 47.3 Å². The summed E-state index contributed by atoms with van der Waals surface area (Å²) in [6, 6.07) is 9.13. The van der Waals surface area contributed by atoms with Crippen LogP contribution in [0, 0.1) is 6.92 Å². The van der Waals surface area contributed by atoms with Crippen LogP contribution >= 0.6 is 0 Å². The SMILES string of the molecule is CCn1c(=O)[nH]c(=O)c2c(C(=O)Nc3cccc(C)c3)cc(C3CC3)nc21. The Bertz CT molecular complexity index is 1170. The maximum Gasteiger partial charge on any atom is 0.329 e. The van der Waals surface area contributed by atoms with Crippen LogP contribution in [0.3, 0.4) is 0 Å². The number of aromatic nitrogens is 3. The largest absolute Gasteiger partial charge is 0.329 e. The number of pyridine rings is 1. The van der Waals surface area contributed by atoms with Crippen LogP contribution < -0.4 is 16.6 Å². The molecule has 138 valence electrons. The Balaban J connectivity index is 1.91. The van der Waals surface area contributed by atoms with E-state index in [1.165, 1.54) is 4.57 Å². The molecule has 7 heteroatoms. The summed E-state index contributed by atoms with van der Waals surface area (Å²) in [5, 5.41) is 2.99. The molecule has 1 aliphatic carbocycles. The Kier molecular flexibility index (Phi) is 4.14. The number of carbonyl (C=O) groups is 1. The number of nitrogens with zero attached hydrogens (tertiary/aromatic N) is 2. The van der Waals surface area contributed by atoms with Gasteiger partial charge in [0.15, 0.2) is 5.65 Å². The number of hydrogen-bond donors (Lipinski definition) is 2. The molecule has 7 nitrogen and oxygen atoms in total. The average Bonchev–Trinajstić information content (AvgIpc) is 3.46. The standard InChI is InChI=1S/C20H20N4O3/c1-3-24-17-16(19(26)23-20(24)27)14(10-15(22-17)12-7-8-12)18(25)21-13-6-4-5-11(2)9-13/h4-6,9-10,12H,3,7-8H2,1-2H3,(H,21,25)(H,23,26,27). The topological polar surface area (TPSA) is 96.9 Å². The number of fused-ring (bicyclic) bond motifs is 1. The quantitative estimate of drug-likeness (QED) is 0.743. The number of aryl methyl sites for hydroxylation is 2. The normalized spacial score (nSPS) is 13.7. The first-order valence-electron chi connectivity index (χ1n) is 9.03. The highest BCUT2D eigenvalue weighted by molar-refractivity contribution is 6.11. The van der Waals surface area contributed by atoms with E-state index in [9.17, 15) is 14.4 Å². The summed E-state index contributed by atoms with van der Waals surface area (Å²) in [4.78, 5) is 44.5. The third-order valence-corrected chi connectivity index (χ3v) is 4.80. The van der Waals surface area contributed by atoms with Gasteiger partial charge in [-0.25, -0.2) is 9.78 Å². The molecule has 1 saturated carbocycles. The molecular formula is C20H20N4O3. The van der Waals surface area contributed by atoms with Crippen molar-refractivity contribution in [2.24, 2.45) is 0 Å². The van der Waals surface area contributed by atoms with E-state index in [1.807, 2.05) is 25.1 Å². The highest BCUT2D eigenvalue weighted by Gasteiger charge is 2.28. The van der Waals surface area contributed by atoms with E-state index in [0.717, 1.165) is 24.1 Å². The molecule has 27 heavy (non-hydrogen) atoms. The zero-order valence-corrected chi connectivity index (χ0v) is 15.2. The van der Waals surface area contributed by atoms with Gasteiger partial charge in [0.2, 0.25) is 0 Å². The third kappa shape index (κ3) is 3.16. The predicted molar refractivity (Wildman–Crippen MR) is 103 cm³/mol. The van der Waals surface area contributed by atoms with Gasteiger partial charge >= 0.3 is 5.69 Å². The molecular weight excluding hydrogens is 344 g/mol. The molecule has 1 fully saturated rings. The molecule has 2 N–H and O–H groups in total. The second-order valence-corrected chi connectivity index (χ2v) is 6.89. The van der Waals surface area contributed by atoms with Crippen LogP contribution in [0.4, 0.5) is 5.69 Å². The Morgan fingerprint density at radius 3 is 2.74 bits per heavy atom. The number of carbonyl (C=O) groups excluding carboxylic acids is 1. The molecule has 3 aromatic rings. The molecule has 1 aliphatic rings. The molecule has 0 aliphatic heterocycles. The molecule has 0 radical (unpaired) electrons. The van der Waals surface area contributed by atoms with E-state index in [4.69, 9.17) is 0 Å². The van der Waals surface area contributed by atoms with Crippen molar-refractivity contribution in [3.63, 3.8) is 0 Å². The highest BCUT2D eigenvalue weighted by Crippen LogP contribution is 2.40. The van der Waals surface area contributed by atoms with Crippen LogP contribution in [0.5, 0.6) is 0 Å². The van der Waals surface area contributed by atoms with Gasteiger partial charge in [-0.15, -0.1) is 0 Å². The first-order chi connectivity index (χ1) is 13.0. The number of rotatable bonds is 4. The number of aromatic amines is 1. The number of H-pyrrole nitrogens is 1. The van der Waals surface area contributed by atoms with E-state index < -0.39 is 11.2 Å². The Morgan fingerprint density at radius 2 is 2.07 bits per heavy atom.